The van der Waals surface area contributed by atoms with Crippen molar-refractivity contribution in [1.29, 1.82) is 0 Å². The fraction of sp³-hybridized carbons (Fsp3) is 0.600. The maximum absolute atomic E-state index is 9.62. The van der Waals surface area contributed by atoms with E-state index >= 15 is 0 Å². The summed E-state index contributed by atoms with van der Waals surface area (Å²) in [7, 11) is 0. The van der Waals surface area contributed by atoms with Gasteiger partial charge in [-0.1, -0.05) is 44.2 Å². The van der Waals surface area contributed by atoms with Gasteiger partial charge in [-0.15, -0.1) is 0 Å². The minimum Gasteiger partial charge on any atom is -0.393 e. The average Bonchev–Trinajstić information content (AvgIpc) is 2.34. The molecule has 17 heavy (non-hydrogen) atoms. The summed E-state index contributed by atoms with van der Waals surface area (Å²) >= 11 is 0. The first-order valence-corrected chi connectivity index (χ1v) is 6.48. The van der Waals surface area contributed by atoms with E-state index in [1.807, 2.05) is 6.07 Å². The molecule has 0 saturated heterocycles. The molecule has 1 aromatic rings. The molecule has 2 rings (SSSR count). The normalized spacial score (nSPS) is 30.2. The number of hydrogen-bond donors (Lipinski definition) is 2. The molecule has 0 spiro atoms. The third-order valence-corrected chi connectivity index (χ3v) is 4.59. The molecule has 0 atom stereocenters. The van der Waals surface area contributed by atoms with Crippen molar-refractivity contribution in [3.8, 4) is 0 Å². The zero-order valence-corrected chi connectivity index (χ0v) is 10.8. The molecule has 0 aromatic heterocycles. The summed E-state index contributed by atoms with van der Waals surface area (Å²) < 4.78 is 0. The Balaban J connectivity index is 2.26. The monoisotopic (exact) mass is 233 g/mol. The summed E-state index contributed by atoms with van der Waals surface area (Å²) in [6.45, 7) is 4.44. The quantitative estimate of drug-likeness (QED) is 0.824. The standard InChI is InChI=1S/C15H23NO/c1-14(2,12-6-4-3-5-7-12)15(16)10-8-13(17)9-11-15/h3-7,13,17H,8-11,16H2,1-2H3. The highest BCUT2D eigenvalue weighted by molar-refractivity contribution is 5.29. The fourth-order valence-electron chi connectivity index (χ4n) is 2.88. The van der Waals surface area contributed by atoms with E-state index < -0.39 is 0 Å². The van der Waals surface area contributed by atoms with E-state index in [1.54, 1.807) is 0 Å². The van der Waals surface area contributed by atoms with Gasteiger partial charge in [0.1, 0.15) is 0 Å². The lowest BCUT2D eigenvalue weighted by Crippen LogP contribution is -2.57. The van der Waals surface area contributed by atoms with Crippen LogP contribution in [-0.2, 0) is 5.41 Å². The lowest BCUT2D eigenvalue weighted by Gasteiger charge is -2.48. The molecular formula is C15H23NO. The van der Waals surface area contributed by atoms with Crippen LogP contribution in [-0.4, -0.2) is 16.7 Å². The highest BCUT2D eigenvalue weighted by Gasteiger charge is 2.44. The SMILES string of the molecule is CC(C)(c1ccccc1)C1(N)CCC(O)CC1. The fourth-order valence-corrected chi connectivity index (χ4v) is 2.88. The zero-order valence-electron chi connectivity index (χ0n) is 10.8. The Morgan fingerprint density at radius 3 is 2.24 bits per heavy atom. The van der Waals surface area contributed by atoms with Crippen LogP contribution in [0.2, 0.25) is 0 Å². The lowest BCUT2D eigenvalue weighted by atomic mass is 9.62. The predicted molar refractivity (Wildman–Crippen MR) is 70.9 cm³/mol. The van der Waals surface area contributed by atoms with Crippen molar-refractivity contribution in [2.24, 2.45) is 5.73 Å². The van der Waals surface area contributed by atoms with Crippen LogP contribution in [0.3, 0.4) is 0 Å². The molecule has 0 amide bonds. The van der Waals surface area contributed by atoms with Gasteiger partial charge < -0.3 is 10.8 Å². The van der Waals surface area contributed by atoms with Gasteiger partial charge in [0.15, 0.2) is 0 Å². The number of hydrogen-bond acceptors (Lipinski definition) is 2. The number of benzene rings is 1. The van der Waals surface area contributed by atoms with Gasteiger partial charge in [-0.3, -0.25) is 0 Å². The molecular weight excluding hydrogens is 210 g/mol. The highest BCUT2D eigenvalue weighted by Crippen LogP contribution is 2.42. The van der Waals surface area contributed by atoms with Crippen molar-refractivity contribution in [3.05, 3.63) is 35.9 Å². The third-order valence-electron chi connectivity index (χ3n) is 4.59. The third kappa shape index (κ3) is 2.24. The molecule has 0 aliphatic heterocycles. The predicted octanol–water partition coefficient (Wildman–Crippen LogP) is 2.60. The molecule has 1 saturated carbocycles. The first kappa shape index (κ1) is 12.6. The van der Waals surface area contributed by atoms with E-state index in [-0.39, 0.29) is 17.1 Å². The number of nitrogens with two attached hydrogens (primary N) is 1. The molecule has 0 radical (unpaired) electrons. The Kier molecular flexibility index (Phi) is 3.28. The van der Waals surface area contributed by atoms with Crippen LogP contribution < -0.4 is 5.73 Å². The molecule has 2 heteroatoms. The number of aliphatic hydroxyl groups excluding tert-OH is 1. The van der Waals surface area contributed by atoms with Gasteiger partial charge in [-0.05, 0) is 31.2 Å². The van der Waals surface area contributed by atoms with Crippen LogP contribution in [0.25, 0.3) is 0 Å². The zero-order chi connectivity index (χ0) is 12.5. The summed E-state index contributed by atoms with van der Waals surface area (Å²) in [5.74, 6) is 0. The summed E-state index contributed by atoms with van der Waals surface area (Å²) in [5, 5.41) is 9.62. The molecule has 1 aliphatic carbocycles. The second-order valence-electron chi connectivity index (χ2n) is 5.88. The van der Waals surface area contributed by atoms with Crippen LogP contribution in [0.1, 0.15) is 45.1 Å². The van der Waals surface area contributed by atoms with Crippen molar-refractivity contribution in [3.63, 3.8) is 0 Å². The first-order valence-electron chi connectivity index (χ1n) is 6.48. The van der Waals surface area contributed by atoms with Crippen LogP contribution in [0, 0.1) is 0 Å². The van der Waals surface area contributed by atoms with Gasteiger partial charge in [0.05, 0.1) is 6.10 Å². The summed E-state index contributed by atoms with van der Waals surface area (Å²) in [6, 6.07) is 10.5. The summed E-state index contributed by atoms with van der Waals surface area (Å²) in [5.41, 5.74) is 7.66. The minimum atomic E-state index is -0.201. The van der Waals surface area contributed by atoms with E-state index in [4.69, 9.17) is 5.73 Å². The molecule has 0 heterocycles. The van der Waals surface area contributed by atoms with Crippen molar-refractivity contribution in [2.45, 2.75) is 56.6 Å². The Labute approximate surface area is 104 Å². The molecule has 0 bridgehead atoms. The first-order chi connectivity index (χ1) is 7.96. The highest BCUT2D eigenvalue weighted by atomic mass is 16.3. The minimum absolute atomic E-state index is 0.0472. The van der Waals surface area contributed by atoms with Crippen LogP contribution in [0.4, 0.5) is 0 Å². The van der Waals surface area contributed by atoms with E-state index in [9.17, 15) is 5.11 Å². The number of aliphatic hydroxyl groups is 1. The smallest absolute Gasteiger partial charge is 0.0541 e. The Morgan fingerprint density at radius 2 is 1.71 bits per heavy atom. The summed E-state index contributed by atoms with van der Waals surface area (Å²) in [6.07, 6.45) is 3.30. The molecule has 0 unspecified atom stereocenters. The van der Waals surface area contributed by atoms with Gasteiger partial charge in [0.25, 0.3) is 0 Å². The van der Waals surface area contributed by atoms with E-state index in [1.165, 1.54) is 5.56 Å². The van der Waals surface area contributed by atoms with Crippen molar-refractivity contribution in [2.75, 3.05) is 0 Å². The van der Waals surface area contributed by atoms with Gasteiger partial charge in [-0.2, -0.15) is 0 Å². The van der Waals surface area contributed by atoms with Gasteiger partial charge in [0, 0.05) is 11.0 Å². The van der Waals surface area contributed by atoms with Crippen LogP contribution >= 0.6 is 0 Å². The van der Waals surface area contributed by atoms with Crippen LogP contribution in [0.5, 0.6) is 0 Å². The topological polar surface area (TPSA) is 46.2 Å². The number of rotatable bonds is 2. The van der Waals surface area contributed by atoms with Crippen molar-refractivity contribution < 1.29 is 5.11 Å². The van der Waals surface area contributed by atoms with Crippen LogP contribution in [0.15, 0.2) is 30.3 Å². The van der Waals surface area contributed by atoms with E-state index in [0.717, 1.165) is 25.7 Å². The molecule has 1 aliphatic rings. The summed E-state index contributed by atoms with van der Waals surface area (Å²) in [4.78, 5) is 0. The van der Waals surface area contributed by atoms with Gasteiger partial charge in [0.2, 0.25) is 0 Å². The maximum atomic E-state index is 9.62. The van der Waals surface area contributed by atoms with Crippen molar-refractivity contribution in [1.82, 2.24) is 0 Å². The average molecular weight is 233 g/mol. The van der Waals surface area contributed by atoms with E-state index in [0.29, 0.717) is 0 Å². The Morgan fingerprint density at radius 1 is 1.18 bits per heavy atom. The second kappa shape index (κ2) is 4.43. The van der Waals surface area contributed by atoms with Gasteiger partial charge >= 0.3 is 0 Å². The van der Waals surface area contributed by atoms with Crippen molar-refractivity contribution >= 4 is 0 Å². The lowest BCUT2D eigenvalue weighted by molar-refractivity contribution is 0.0707. The maximum Gasteiger partial charge on any atom is 0.0541 e. The molecule has 1 fully saturated rings. The van der Waals surface area contributed by atoms with E-state index in [2.05, 4.69) is 38.1 Å². The Hall–Kier alpha value is -0.860. The molecule has 1 aromatic carbocycles. The molecule has 94 valence electrons. The van der Waals surface area contributed by atoms with Gasteiger partial charge in [-0.25, -0.2) is 0 Å². The molecule has 3 N–H and O–H groups in total. The second-order valence-corrected chi connectivity index (χ2v) is 5.88. The molecule has 2 nitrogen and oxygen atoms in total. The Bertz CT molecular complexity index is 364. The largest absolute Gasteiger partial charge is 0.393 e.